The largest absolute Gasteiger partial charge is 0.495 e. The second-order valence-electron chi connectivity index (χ2n) is 8.49. The van der Waals surface area contributed by atoms with Gasteiger partial charge in [0, 0.05) is 24.3 Å². The van der Waals surface area contributed by atoms with E-state index < -0.39 is 10.0 Å². The van der Waals surface area contributed by atoms with E-state index in [4.69, 9.17) is 4.74 Å². The summed E-state index contributed by atoms with van der Waals surface area (Å²) in [6.07, 6.45) is 3.82. The van der Waals surface area contributed by atoms with Gasteiger partial charge in [-0.15, -0.1) is 0 Å². The number of ether oxygens (including phenoxy) is 1. The first-order valence-electron chi connectivity index (χ1n) is 11.9. The number of nitrogens with one attached hydrogen (secondary N) is 2. The monoisotopic (exact) mass is 493 g/mol. The van der Waals surface area contributed by atoms with Crippen LogP contribution in [0.4, 0.5) is 11.4 Å². The molecule has 184 valence electrons. The summed E-state index contributed by atoms with van der Waals surface area (Å²) in [6, 6.07) is 22.2. The summed E-state index contributed by atoms with van der Waals surface area (Å²) in [6.45, 7) is 1.01. The van der Waals surface area contributed by atoms with Crippen LogP contribution in [0.5, 0.6) is 5.75 Å². The Morgan fingerprint density at radius 2 is 1.57 bits per heavy atom. The predicted molar refractivity (Wildman–Crippen MR) is 139 cm³/mol. The number of carbonyl (C=O) groups excluding carboxylic acids is 1. The van der Waals surface area contributed by atoms with Gasteiger partial charge in [0.25, 0.3) is 0 Å². The van der Waals surface area contributed by atoms with E-state index in [1.807, 2.05) is 54.6 Å². The number of sulfonamides is 1. The van der Waals surface area contributed by atoms with Crippen LogP contribution in [0.3, 0.4) is 0 Å². The van der Waals surface area contributed by atoms with Gasteiger partial charge in [-0.25, -0.2) is 8.42 Å². The molecule has 1 saturated heterocycles. The Bertz CT molecular complexity index is 1250. The van der Waals surface area contributed by atoms with Crippen molar-refractivity contribution in [3.8, 4) is 16.9 Å². The molecule has 0 aromatic heterocycles. The van der Waals surface area contributed by atoms with Crippen LogP contribution in [0.1, 0.15) is 25.7 Å². The van der Waals surface area contributed by atoms with Crippen LogP contribution in [-0.2, 0) is 14.8 Å². The molecule has 1 aliphatic heterocycles. The molecule has 35 heavy (non-hydrogen) atoms. The summed E-state index contributed by atoms with van der Waals surface area (Å²) in [5.74, 6) is 0.216. The third-order valence-electron chi connectivity index (χ3n) is 6.10. The van der Waals surface area contributed by atoms with Gasteiger partial charge in [-0.3, -0.25) is 4.79 Å². The number of hydrogen-bond donors (Lipinski definition) is 2. The molecule has 4 rings (SSSR count). The van der Waals surface area contributed by atoms with E-state index >= 15 is 0 Å². The maximum Gasteiger partial charge on any atom is 0.243 e. The second kappa shape index (κ2) is 11.4. The maximum atomic E-state index is 13.2. The summed E-state index contributed by atoms with van der Waals surface area (Å²) in [7, 11) is -2.11. The number of amides is 1. The molecule has 1 fully saturated rings. The van der Waals surface area contributed by atoms with Gasteiger partial charge >= 0.3 is 0 Å². The average Bonchev–Trinajstić information content (AvgIpc) is 3.18. The zero-order valence-electron chi connectivity index (χ0n) is 19.9. The summed E-state index contributed by atoms with van der Waals surface area (Å²) in [5.41, 5.74) is 3.08. The number of para-hydroxylation sites is 1. The Morgan fingerprint density at radius 3 is 2.29 bits per heavy atom. The molecule has 0 radical (unpaired) electrons. The molecule has 0 unspecified atom stereocenters. The number of nitrogens with zero attached hydrogens (tertiary/aromatic N) is 1. The summed E-state index contributed by atoms with van der Waals surface area (Å²) in [5, 5.41) is 6.00. The number of hydrogen-bond acceptors (Lipinski definition) is 5. The van der Waals surface area contributed by atoms with Gasteiger partial charge in [-0.05, 0) is 42.7 Å². The van der Waals surface area contributed by atoms with Crippen LogP contribution in [0.25, 0.3) is 11.1 Å². The van der Waals surface area contributed by atoms with Crippen LogP contribution in [-0.4, -0.2) is 45.4 Å². The van der Waals surface area contributed by atoms with E-state index in [2.05, 4.69) is 10.6 Å². The Balaban J connectivity index is 1.49. The highest BCUT2D eigenvalue weighted by molar-refractivity contribution is 7.89. The van der Waals surface area contributed by atoms with Crippen LogP contribution in [0, 0.1) is 0 Å². The molecule has 0 bridgehead atoms. The molecule has 3 aromatic rings. The van der Waals surface area contributed by atoms with Gasteiger partial charge in [-0.1, -0.05) is 61.4 Å². The Kier molecular flexibility index (Phi) is 8.05. The van der Waals surface area contributed by atoms with Crippen LogP contribution >= 0.6 is 0 Å². The molecule has 1 amide bonds. The number of benzene rings is 3. The molecular formula is C27H31N3O4S. The quantitative estimate of drug-likeness (QED) is 0.462. The lowest BCUT2D eigenvalue weighted by Gasteiger charge is -2.21. The molecule has 3 aromatic carbocycles. The third-order valence-corrected chi connectivity index (χ3v) is 7.99. The zero-order valence-corrected chi connectivity index (χ0v) is 20.7. The Morgan fingerprint density at radius 1 is 0.886 bits per heavy atom. The van der Waals surface area contributed by atoms with Crippen molar-refractivity contribution in [3.05, 3.63) is 72.8 Å². The van der Waals surface area contributed by atoms with E-state index in [0.29, 0.717) is 30.2 Å². The molecular weight excluding hydrogens is 462 g/mol. The lowest BCUT2D eigenvalue weighted by molar-refractivity contribution is -0.114. The van der Waals surface area contributed by atoms with Gasteiger partial charge in [0.15, 0.2) is 0 Å². The van der Waals surface area contributed by atoms with Crippen molar-refractivity contribution in [2.75, 3.05) is 37.4 Å². The van der Waals surface area contributed by atoms with Crippen LogP contribution < -0.4 is 15.4 Å². The maximum absolute atomic E-state index is 13.2. The highest BCUT2D eigenvalue weighted by Crippen LogP contribution is 2.30. The minimum Gasteiger partial charge on any atom is -0.495 e. The minimum atomic E-state index is -3.62. The molecule has 8 heteroatoms. The SMILES string of the molecule is COc1ccc(S(=O)(=O)N2CCCCCC2)cc1NCC(=O)Nc1ccccc1-c1ccccc1. The van der Waals surface area contributed by atoms with Gasteiger partial charge < -0.3 is 15.4 Å². The second-order valence-corrected chi connectivity index (χ2v) is 10.4. The molecule has 1 aliphatic rings. The number of rotatable bonds is 8. The zero-order chi connectivity index (χ0) is 24.7. The Hall–Kier alpha value is -3.36. The highest BCUT2D eigenvalue weighted by atomic mass is 32.2. The topological polar surface area (TPSA) is 87.7 Å². The fraction of sp³-hybridized carbons (Fsp3) is 0.296. The fourth-order valence-corrected chi connectivity index (χ4v) is 5.79. The van der Waals surface area contributed by atoms with Crippen LogP contribution in [0.2, 0.25) is 0 Å². The summed E-state index contributed by atoms with van der Waals surface area (Å²) < 4.78 is 33.4. The van der Waals surface area contributed by atoms with Crippen molar-refractivity contribution in [1.29, 1.82) is 0 Å². The van der Waals surface area contributed by atoms with E-state index in [-0.39, 0.29) is 17.3 Å². The summed E-state index contributed by atoms with van der Waals surface area (Å²) in [4.78, 5) is 13.0. The average molecular weight is 494 g/mol. The van der Waals surface area contributed by atoms with Gasteiger partial charge in [0.2, 0.25) is 15.9 Å². The van der Waals surface area contributed by atoms with E-state index in [0.717, 1.165) is 36.8 Å². The minimum absolute atomic E-state index is 0.0489. The van der Waals surface area contributed by atoms with Crippen molar-refractivity contribution in [2.45, 2.75) is 30.6 Å². The molecule has 0 aliphatic carbocycles. The van der Waals surface area contributed by atoms with Gasteiger partial charge in [-0.2, -0.15) is 4.31 Å². The van der Waals surface area contributed by atoms with Crippen molar-refractivity contribution in [1.82, 2.24) is 4.31 Å². The standard InChI is InChI=1S/C27H31N3O4S/c1-34-26-16-15-22(35(32,33)30-17-9-2-3-10-18-30)19-25(26)28-20-27(31)29-24-14-8-7-13-23(24)21-11-5-4-6-12-21/h4-8,11-16,19,28H,2-3,9-10,17-18,20H2,1H3,(H,29,31). The number of anilines is 2. The first-order chi connectivity index (χ1) is 17.0. The molecule has 7 nitrogen and oxygen atoms in total. The van der Waals surface area contributed by atoms with Gasteiger partial charge in [0.1, 0.15) is 5.75 Å². The first kappa shape index (κ1) is 24.8. The fourth-order valence-electron chi connectivity index (χ4n) is 4.25. The highest BCUT2D eigenvalue weighted by Gasteiger charge is 2.26. The van der Waals surface area contributed by atoms with E-state index in [1.54, 1.807) is 22.5 Å². The summed E-state index contributed by atoms with van der Waals surface area (Å²) >= 11 is 0. The lowest BCUT2D eigenvalue weighted by Crippen LogP contribution is -2.32. The van der Waals surface area contributed by atoms with Crippen molar-refractivity contribution in [3.63, 3.8) is 0 Å². The molecule has 0 atom stereocenters. The van der Waals surface area contributed by atoms with E-state index in [1.165, 1.54) is 7.11 Å². The lowest BCUT2D eigenvalue weighted by atomic mass is 10.0. The molecule has 0 saturated carbocycles. The third kappa shape index (κ3) is 6.01. The predicted octanol–water partition coefficient (Wildman–Crippen LogP) is 4.98. The number of methoxy groups -OCH3 is 1. The smallest absolute Gasteiger partial charge is 0.243 e. The molecule has 2 N–H and O–H groups in total. The van der Waals surface area contributed by atoms with Crippen molar-refractivity contribution < 1.29 is 17.9 Å². The molecule has 1 heterocycles. The first-order valence-corrected chi connectivity index (χ1v) is 13.3. The molecule has 0 spiro atoms. The van der Waals surface area contributed by atoms with Crippen molar-refractivity contribution in [2.24, 2.45) is 0 Å². The normalized spacial score (nSPS) is 14.7. The van der Waals surface area contributed by atoms with Crippen LogP contribution in [0.15, 0.2) is 77.7 Å². The number of carbonyl (C=O) groups is 1. The van der Waals surface area contributed by atoms with Gasteiger partial charge in [0.05, 0.1) is 24.2 Å². The van der Waals surface area contributed by atoms with E-state index in [9.17, 15) is 13.2 Å². The van der Waals surface area contributed by atoms with Crippen molar-refractivity contribution >= 4 is 27.3 Å². The Labute approximate surface area is 207 Å².